The highest BCUT2D eigenvalue weighted by Gasteiger charge is 2.18. The van der Waals surface area contributed by atoms with Gasteiger partial charge in [0.25, 0.3) is 0 Å². The summed E-state index contributed by atoms with van der Waals surface area (Å²) in [6.45, 7) is 0. The van der Waals surface area contributed by atoms with Crippen LogP contribution >= 0.6 is 0 Å². The molecule has 0 atom stereocenters. The van der Waals surface area contributed by atoms with Crippen LogP contribution in [0.4, 0.5) is 0 Å². The van der Waals surface area contributed by atoms with Gasteiger partial charge >= 0.3 is 5.97 Å². The monoisotopic (exact) mass is 256 g/mol. The molecule has 0 saturated carbocycles. The number of rotatable bonds is 2. The van der Waals surface area contributed by atoms with E-state index in [1.807, 2.05) is 6.07 Å². The van der Waals surface area contributed by atoms with Gasteiger partial charge in [0.15, 0.2) is 0 Å². The third-order valence-electron chi connectivity index (χ3n) is 3.68. The summed E-state index contributed by atoms with van der Waals surface area (Å²) in [5.41, 5.74) is 4.45. The molecule has 0 amide bonds. The predicted octanol–water partition coefficient (Wildman–Crippen LogP) is 2.66. The Balaban J connectivity index is 2.09. The number of fused-ring (bicyclic) bond motifs is 1. The van der Waals surface area contributed by atoms with E-state index in [0.29, 0.717) is 5.69 Å². The van der Waals surface area contributed by atoms with Crippen molar-refractivity contribution in [2.45, 2.75) is 25.7 Å². The fourth-order valence-electron chi connectivity index (χ4n) is 2.74. The van der Waals surface area contributed by atoms with Crippen LogP contribution in [0.15, 0.2) is 24.4 Å². The number of nitrogens with zero attached hydrogens (tertiary/aromatic N) is 2. The van der Waals surface area contributed by atoms with Gasteiger partial charge in [0.05, 0.1) is 0 Å². The van der Waals surface area contributed by atoms with Crippen LogP contribution in [0.2, 0.25) is 0 Å². The highest BCUT2D eigenvalue weighted by Crippen LogP contribution is 2.28. The summed E-state index contributed by atoms with van der Waals surface area (Å²) in [6.07, 6.45) is 6.22. The summed E-state index contributed by atoms with van der Waals surface area (Å²) >= 11 is 0. The van der Waals surface area contributed by atoms with E-state index >= 15 is 0 Å². The molecule has 0 spiro atoms. The Morgan fingerprint density at radius 3 is 2.74 bits per heavy atom. The van der Waals surface area contributed by atoms with Crippen molar-refractivity contribution in [2.24, 2.45) is 7.05 Å². The lowest BCUT2D eigenvalue weighted by atomic mass is 9.89. The van der Waals surface area contributed by atoms with Gasteiger partial charge < -0.3 is 5.11 Å². The molecule has 19 heavy (non-hydrogen) atoms. The zero-order valence-corrected chi connectivity index (χ0v) is 10.9. The Bertz CT molecular complexity index is 644. The highest BCUT2D eigenvalue weighted by molar-refractivity contribution is 5.94. The van der Waals surface area contributed by atoms with Gasteiger partial charge in [-0.2, -0.15) is 5.10 Å². The third-order valence-corrected chi connectivity index (χ3v) is 3.68. The van der Waals surface area contributed by atoms with Crippen LogP contribution in [0.5, 0.6) is 0 Å². The van der Waals surface area contributed by atoms with Crippen molar-refractivity contribution in [3.8, 4) is 11.3 Å². The average molecular weight is 256 g/mol. The molecule has 98 valence electrons. The first-order chi connectivity index (χ1) is 9.15. The molecule has 1 aromatic heterocycles. The van der Waals surface area contributed by atoms with Crippen molar-refractivity contribution < 1.29 is 9.90 Å². The molecule has 3 rings (SSSR count). The number of aromatic nitrogens is 2. The lowest BCUT2D eigenvalue weighted by molar-refractivity contribution is 0.0697. The molecule has 1 aliphatic rings. The Morgan fingerprint density at radius 2 is 2.00 bits per heavy atom. The number of carbonyl (C=O) groups is 1. The molecular formula is C15H16N2O2. The molecule has 0 saturated heterocycles. The fourth-order valence-corrected chi connectivity index (χ4v) is 2.74. The van der Waals surface area contributed by atoms with E-state index < -0.39 is 5.97 Å². The first kappa shape index (κ1) is 12.0. The van der Waals surface area contributed by atoms with Gasteiger partial charge in [-0.3, -0.25) is 4.68 Å². The van der Waals surface area contributed by atoms with Crippen molar-refractivity contribution in [3.63, 3.8) is 0 Å². The van der Waals surface area contributed by atoms with Crippen molar-refractivity contribution in [1.29, 1.82) is 0 Å². The molecule has 0 radical (unpaired) electrons. The first-order valence-corrected chi connectivity index (χ1v) is 6.54. The number of aryl methyl sites for hydroxylation is 3. The molecule has 4 nitrogen and oxygen atoms in total. The summed E-state index contributed by atoms with van der Waals surface area (Å²) < 4.78 is 1.55. The normalized spacial score (nSPS) is 14.2. The Morgan fingerprint density at radius 1 is 1.26 bits per heavy atom. The van der Waals surface area contributed by atoms with Gasteiger partial charge in [0.1, 0.15) is 11.3 Å². The van der Waals surface area contributed by atoms with Crippen LogP contribution in [-0.4, -0.2) is 20.9 Å². The molecule has 0 bridgehead atoms. The van der Waals surface area contributed by atoms with Gasteiger partial charge in [0, 0.05) is 18.8 Å². The summed E-state index contributed by atoms with van der Waals surface area (Å²) in [5, 5.41) is 13.5. The molecule has 0 fully saturated rings. The van der Waals surface area contributed by atoms with Crippen LogP contribution in [0.25, 0.3) is 11.3 Å². The van der Waals surface area contributed by atoms with Crippen LogP contribution in [0.1, 0.15) is 34.3 Å². The fraction of sp³-hybridized carbons (Fsp3) is 0.333. The lowest BCUT2D eigenvalue weighted by Crippen LogP contribution is -2.03. The molecule has 1 aromatic carbocycles. The second kappa shape index (κ2) is 4.53. The molecule has 0 unspecified atom stereocenters. The zero-order chi connectivity index (χ0) is 13.4. The van der Waals surface area contributed by atoms with E-state index in [1.54, 1.807) is 17.9 Å². The van der Waals surface area contributed by atoms with E-state index in [2.05, 4.69) is 17.2 Å². The minimum Gasteiger partial charge on any atom is -0.478 e. The second-order valence-electron chi connectivity index (χ2n) is 5.06. The number of hydrogen-bond acceptors (Lipinski definition) is 2. The van der Waals surface area contributed by atoms with Crippen molar-refractivity contribution in [1.82, 2.24) is 9.78 Å². The molecule has 4 heteroatoms. The van der Waals surface area contributed by atoms with Crippen molar-refractivity contribution >= 4 is 5.97 Å². The Kier molecular flexibility index (Phi) is 2.85. The smallest absolute Gasteiger partial charge is 0.339 e. The number of benzene rings is 1. The van der Waals surface area contributed by atoms with Crippen LogP contribution < -0.4 is 0 Å². The highest BCUT2D eigenvalue weighted by atomic mass is 16.4. The summed E-state index contributed by atoms with van der Waals surface area (Å²) in [5.74, 6) is -0.930. The maximum absolute atomic E-state index is 11.2. The van der Waals surface area contributed by atoms with Crippen molar-refractivity contribution in [2.75, 3.05) is 0 Å². The predicted molar refractivity (Wildman–Crippen MR) is 72.2 cm³/mol. The minimum absolute atomic E-state index is 0.262. The number of carboxylic acid groups (broad SMARTS) is 1. The molecule has 2 aromatic rings. The van der Waals surface area contributed by atoms with Gasteiger partial charge in [-0.1, -0.05) is 12.1 Å². The van der Waals surface area contributed by atoms with Crippen molar-refractivity contribution in [3.05, 3.63) is 41.1 Å². The van der Waals surface area contributed by atoms with Crippen LogP contribution in [-0.2, 0) is 19.9 Å². The van der Waals surface area contributed by atoms with Crippen LogP contribution in [0, 0.1) is 0 Å². The largest absolute Gasteiger partial charge is 0.478 e. The first-order valence-electron chi connectivity index (χ1n) is 6.54. The van der Waals surface area contributed by atoms with E-state index in [1.165, 1.54) is 24.0 Å². The minimum atomic E-state index is -0.930. The average Bonchev–Trinajstić information content (AvgIpc) is 2.80. The zero-order valence-electron chi connectivity index (χ0n) is 10.9. The molecule has 1 aliphatic carbocycles. The molecule has 0 aliphatic heterocycles. The maximum Gasteiger partial charge on any atom is 0.339 e. The standard InChI is InChI=1S/C15H16N2O2/c1-17-9-13(15(18)19)14(16-17)12-7-6-10-4-2-3-5-11(10)8-12/h6-9H,2-5H2,1H3,(H,18,19). The Hall–Kier alpha value is -2.10. The molecule has 1 heterocycles. The number of hydrogen-bond donors (Lipinski definition) is 1. The summed E-state index contributed by atoms with van der Waals surface area (Å²) in [6, 6.07) is 6.20. The maximum atomic E-state index is 11.2. The third kappa shape index (κ3) is 2.14. The van der Waals surface area contributed by atoms with Crippen LogP contribution in [0.3, 0.4) is 0 Å². The second-order valence-corrected chi connectivity index (χ2v) is 5.06. The van der Waals surface area contributed by atoms with E-state index in [-0.39, 0.29) is 5.56 Å². The van der Waals surface area contributed by atoms with Gasteiger partial charge in [0.2, 0.25) is 0 Å². The van der Waals surface area contributed by atoms with E-state index in [0.717, 1.165) is 18.4 Å². The van der Waals surface area contributed by atoms with Gasteiger partial charge in [-0.15, -0.1) is 0 Å². The molecule has 1 N–H and O–H groups in total. The summed E-state index contributed by atoms with van der Waals surface area (Å²) in [7, 11) is 1.74. The quantitative estimate of drug-likeness (QED) is 0.898. The SMILES string of the molecule is Cn1cc(C(=O)O)c(-c2ccc3c(c2)CCCC3)n1. The number of carboxylic acids is 1. The van der Waals surface area contributed by atoms with Gasteiger partial charge in [-0.25, -0.2) is 4.79 Å². The lowest BCUT2D eigenvalue weighted by Gasteiger charge is -2.16. The van der Waals surface area contributed by atoms with E-state index in [4.69, 9.17) is 0 Å². The number of aromatic carboxylic acids is 1. The summed E-state index contributed by atoms with van der Waals surface area (Å²) in [4.78, 5) is 11.2. The Labute approximate surface area is 111 Å². The van der Waals surface area contributed by atoms with E-state index in [9.17, 15) is 9.90 Å². The topological polar surface area (TPSA) is 55.1 Å². The molecular weight excluding hydrogens is 240 g/mol. The van der Waals surface area contributed by atoms with Gasteiger partial charge in [-0.05, 0) is 42.9 Å².